The van der Waals surface area contributed by atoms with Gasteiger partial charge in [-0.3, -0.25) is 9.48 Å². The van der Waals surface area contributed by atoms with Crippen LogP contribution in [0.5, 0.6) is 5.75 Å². The lowest BCUT2D eigenvalue weighted by molar-refractivity contribution is -0.117. The molecule has 4 rings (SSSR count). The molecule has 0 spiro atoms. The number of aromatic nitrogens is 2. The highest BCUT2D eigenvalue weighted by molar-refractivity contribution is 6.42. The Morgan fingerprint density at radius 2 is 2.00 bits per heavy atom. The number of benzene rings is 1. The normalized spacial score (nSPS) is 21.5. The summed E-state index contributed by atoms with van der Waals surface area (Å²) in [7, 11) is 0. The molecule has 1 aromatic heterocycles. The molecule has 2 aliphatic rings. The van der Waals surface area contributed by atoms with E-state index in [1.165, 1.54) is 6.07 Å². The summed E-state index contributed by atoms with van der Waals surface area (Å²) in [6.07, 6.45) is 6.02. The Kier molecular flexibility index (Phi) is 4.82. The van der Waals surface area contributed by atoms with Gasteiger partial charge in [0.2, 0.25) is 5.91 Å². The van der Waals surface area contributed by atoms with E-state index >= 15 is 0 Å². The van der Waals surface area contributed by atoms with Crippen LogP contribution in [0.25, 0.3) is 0 Å². The number of halogens is 2. The number of hydrogen-bond donors (Lipinski definition) is 2. The number of nitrogens with one attached hydrogen (secondary N) is 1. The van der Waals surface area contributed by atoms with Gasteiger partial charge < -0.3 is 15.3 Å². The highest BCUT2D eigenvalue weighted by Gasteiger charge is 2.35. The number of anilines is 1. The van der Waals surface area contributed by atoms with E-state index < -0.39 is 0 Å². The molecule has 6 nitrogen and oxygen atoms in total. The van der Waals surface area contributed by atoms with E-state index in [-0.39, 0.29) is 24.0 Å². The van der Waals surface area contributed by atoms with Gasteiger partial charge in [-0.2, -0.15) is 5.10 Å². The molecule has 2 fully saturated rings. The second kappa shape index (κ2) is 7.10. The second-order valence-corrected chi connectivity index (χ2v) is 7.64. The van der Waals surface area contributed by atoms with Crippen LogP contribution in [0.2, 0.25) is 10.0 Å². The topological polar surface area (TPSA) is 70.4 Å². The quantitative estimate of drug-likeness (QED) is 0.837. The van der Waals surface area contributed by atoms with Gasteiger partial charge in [0.1, 0.15) is 5.75 Å². The second-order valence-electron chi connectivity index (χ2n) is 6.86. The molecule has 138 valence electrons. The van der Waals surface area contributed by atoms with Gasteiger partial charge in [0.25, 0.3) is 0 Å². The number of rotatable bonds is 3. The first-order chi connectivity index (χ1) is 12.5. The van der Waals surface area contributed by atoms with Gasteiger partial charge in [-0.25, -0.2) is 0 Å². The van der Waals surface area contributed by atoms with Gasteiger partial charge >= 0.3 is 0 Å². The van der Waals surface area contributed by atoms with Crippen LogP contribution in [-0.4, -0.2) is 40.4 Å². The van der Waals surface area contributed by atoms with Crippen molar-refractivity contribution in [2.24, 2.45) is 0 Å². The molecule has 0 saturated carbocycles. The number of amides is 1. The van der Waals surface area contributed by atoms with Crippen LogP contribution in [0.3, 0.4) is 0 Å². The first kappa shape index (κ1) is 17.6. The summed E-state index contributed by atoms with van der Waals surface area (Å²) in [6, 6.07) is 3.44. The molecule has 1 atom stereocenters. The molecule has 0 unspecified atom stereocenters. The fraction of sp³-hybridized carbons (Fsp3) is 0.444. The van der Waals surface area contributed by atoms with E-state index in [2.05, 4.69) is 10.4 Å². The molecule has 0 aliphatic carbocycles. The van der Waals surface area contributed by atoms with Gasteiger partial charge in [-0.05, 0) is 38.1 Å². The third kappa shape index (κ3) is 3.17. The molecule has 8 heteroatoms. The van der Waals surface area contributed by atoms with Crippen LogP contribution >= 0.6 is 23.2 Å². The fourth-order valence-corrected chi connectivity index (χ4v) is 4.31. The number of nitrogens with zero attached hydrogens (tertiary/aromatic N) is 3. The molecule has 1 amide bonds. The van der Waals surface area contributed by atoms with Crippen molar-refractivity contribution in [1.82, 2.24) is 15.1 Å². The third-order valence-corrected chi connectivity index (χ3v) is 6.04. The Morgan fingerprint density at radius 3 is 2.77 bits per heavy atom. The zero-order valence-corrected chi connectivity index (χ0v) is 15.7. The number of carbonyl (C=O) groups excluding carboxylic acids is 1. The zero-order valence-electron chi connectivity index (χ0n) is 14.2. The summed E-state index contributed by atoms with van der Waals surface area (Å²) in [5.41, 5.74) is 1.33. The summed E-state index contributed by atoms with van der Waals surface area (Å²) in [4.78, 5) is 14.3. The van der Waals surface area contributed by atoms with Crippen LogP contribution < -0.4 is 10.2 Å². The van der Waals surface area contributed by atoms with Crippen molar-refractivity contribution in [2.75, 3.05) is 24.5 Å². The Morgan fingerprint density at radius 1 is 1.23 bits per heavy atom. The number of aromatic hydroxyl groups is 1. The summed E-state index contributed by atoms with van der Waals surface area (Å²) >= 11 is 12.4. The van der Waals surface area contributed by atoms with Crippen molar-refractivity contribution in [3.8, 4) is 5.75 Å². The van der Waals surface area contributed by atoms with Crippen molar-refractivity contribution in [2.45, 2.75) is 31.2 Å². The van der Waals surface area contributed by atoms with E-state index in [0.717, 1.165) is 31.6 Å². The Balaban J connectivity index is 1.56. The largest absolute Gasteiger partial charge is 0.508 e. The summed E-state index contributed by atoms with van der Waals surface area (Å²) in [6.45, 7) is 2.42. The SMILES string of the molecule is O=C1C[C@@H](c2c(O)ccc(Cl)c2Cl)CN1c1cnn(C2CCNCC2)c1. The van der Waals surface area contributed by atoms with Gasteiger partial charge in [0.15, 0.2) is 0 Å². The van der Waals surface area contributed by atoms with E-state index in [9.17, 15) is 9.90 Å². The maximum absolute atomic E-state index is 12.6. The Hall–Kier alpha value is -1.76. The molecule has 2 N–H and O–H groups in total. The van der Waals surface area contributed by atoms with Gasteiger partial charge in [0, 0.05) is 30.6 Å². The Bertz CT molecular complexity index is 833. The van der Waals surface area contributed by atoms with E-state index in [4.69, 9.17) is 23.2 Å². The van der Waals surface area contributed by atoms with Crippen LogP contribution in [0, 0.1) is 0 Å². The lowest BCUT2D eigenvalue weighted by Gasteiger charge is -2.23. The molecular weight excluding hydrogens is 375 g/mol. The van der Waals surface area contributed by atoms with Crippen molar-refractivity contribution in [1.29, 1.82) is 0 Å². The van der Waals surface area contributed by atoms with E-state index in [0.29, 0.717) is 28.2 Å². The van der Waals surface area contributed by atoms with E-state index in [1.807, 2.05) is 10.9 Å². The summed E-state index contributed by atoms with van der Waals surface area (Å²) in [5.74, 6) is -0.129. The van der Waals surface area contributed by atoms with Crippen molar-refractivity contribution >= 4 is 34.8 Å². The van der Waals surface area contributed by atoms with Gasteiger partial charge in [0.05, 0.1) is 28.0 Å². The van der Waals surface area contributed by atoms with Crippen LogP contribution in [0.4, 0.5) is 5.69 Å². The van der Waals surface area contributed by atoms with Crippen LogP contribution in [0.1, 0.15) is 36.8 Å². The fourth-order valence-electron chi connectivity index (χ4n) is 3.83. The molecule has 2 aliphatic heterocycles. The first-order valence-corrected chi connectivity index (χ1v) is 9.52. The molecule has 0 bridgehead atoms. The minimum absolute atomic E-state index is 0.00435. The highest BCUT2D eigenvalue weighted by atomic mass is 35.5. The maximum Gasteiger partial charge on any atom is 0.227 e. The zero-order chi connectivity index (χ0) is 18.3. The summed E-state index contributed by atoms with van der Waals surface area (Å²) < 4.78 is 1.96. The van der Waals surface area contributed by atoms with Crippen LogP contribution in [-0.2, 0) is 4.79 Å². The molecule has 2 aromatic rings. The number of phenols is 1. The highest BCUT2D eigenvalue weighted by Crippen LogP contribution is 2.42. The van der Waals surface area contributed by atoms with Crippen LogP contribution in [0.15, 0.2) is 24.5 Å². The minimum Gasteiger partial charge on any atom is -0.508 e. The van der Waals surface area contributed by atoms with Crippen molar-refractivity contribution < 1.29 is 9.90 Å². The Labute approximate surface area is 161 Å². The third-order valence-electron chi connectivity index (χ3n) is 5.23. The molecule has 2 saturated heterocycles. The van der Waals surface area contributed by atoms with Gasteiger partial charge in [-0.1, -0.05) is 23.2 Å². The van der Waals surface area contributed by atoms with Gasteiger partial charge in [-0.15, -0.1) is 0 Å². The molecule has 3 heterocycles. The maximum atomic E-state index is 12.6. The number of hydrogen-bond acceptors (Lipinski definition) is 4. The lowest BCUT2D eigenvalue weighted by atomic mass is 9.97. The number of piperidine rings is 1. The average molecular weight is 395 g/mol. The number of phenolic OH excluding ortho intramolecular Hbond substituents is 1. The molecular formula is C18H20Cl2N4O2. The average Bonchev–Trinajstić information content (AvgIpc) is 3.26. The first-order valence-electron chi connectivity index (χ1n) is 8.76. The van der Waals surface area contributed by atoms with E-state index in [1.54, 1.807) is 17.2 Å². The smallest absolute Gasteiger partial charge is 0.227 e. The standard InChI is InChI=1S/C18H20Cl2N4O2/c19-14-1-2-15(25)17(18(14)20)11-7-16(26)23(9-11)13-8-22-24(10-13)12-3-5-21-6-4-12/h1-2,8,10-12,21,25H,3-7,9H2/t11-/m1/s1. The minimum atomic E-state index is -0.198. The number of carbonyl (C=O) groups is 1. The van der Waals surface area contributed by atoms with Crippen molar-refractivity contribution in [3.63, 3.8) is 0 Å². The molecule has 1 aromatic carbocycles. The monoisotopic (exact) mass is 394 g/mol. The van der Waals surface area contributed by atoms with Crippen molar-refractivity contribution in [3.05, 3.63) is 40.1 Å². The summed E-state index contributed by atoms with van der Waals surface area (Å²) in [5, 5.41) is 18.7. The predicted octanol–water partition coefficient (Wildman–Crippen LogP) is 3.34. The molecule has 0 radical (unpaired) electrons. The molecule has 26 heavy (non-hydrogen) atoms. The lowest BCUT2D eigenvalue weighted by Crippen LogP contribution is -2.29. The predicted molar refractivity (Wildman–Crippen MR) is 101 cm³/mol.